The number of hydrogen-bond acceptors (Lipinski definition) is 6. The van der Waals surface area contributed by atoms with Crippen molar-refractivity contribution in [1.82, 2.24) is 5.32 Å². The van der Waals surface area contributed by atoms with Gasteiger partial charge in [-0.1, -0.05) is 38.6 Å². The minimum atomic E-state index is -0.605. The second kappa shape index (κ2) is 8.55. The number of furan rings is 1. The zero-order valence-corrected chi connectivity index (χ0v) is 15.4. The molecule has 1 unspecified atom stereocenters. The monoisotopic (exact) mass is 351 g/mol. The quantitative estimate of drug-likeness (QED) is 0.760. The summed E-state index contributed by atoms with van der Waals surface area (Å²) < 4.78 is 11.5. The Balaban J connectivity index is 2.17. The Morgan fingerprint density at radius 3 is 2.83 bits per heavy atom. The zero-order chi connectivity index (χ0) is 17.7. The lowest BCUT2D eigenvalue weighted by atomic mass is 10.1. The van der Waals surface area contributed by atoms with E-state index >= 15 is 0 Å². The van der Waals surface area contributed by atoms with Crippen LogP contribution < -0.4 is 10.1 Å². The highest BCUT2D eigenvalue weighted by molar-refractivity contribution is 8.14. The van der Waals surface area contributed by atoms with Crippen molar-refractivity contribution < 1.29 is 19.1 Å². The molecule has 0 aliphatic heterocycles. The molecule has 0 radical (unpaired) electrons. The van der Waals surface area contributed by atoms with Gasteiger partial charge in [-0.15, -0.1) is 0 Å². The number of ether oxygens (including phenoxy) is 1. The van der Waals surface area contributed by atoms with Gasteiger partial charge < -0.3 is 19.6 Å². The Bertz CT molecular complexity index is 696. The normalized spacial score (nSPS) is 12.8. The number of hydrogen-bond donors (Lipinski definition) is 2. The molecule has 0 amide bonds. The van der Waals surface area contributed by atoms with Crippen LogP contribution in [-0.2, 0) is 0 Å². The number of fused-ring (bicyclic) bond motifs is 1. The number of aryl methyl sites for hydroxylation is 1. The topological polar surface area (TPSA) is 71.7 Å². The third-order valence-corrected chi connectivity index (χ3v) is 4.31. The maximum atomic E-state index is 12.1. The third kappa shape index (κ3) is 4.53. The minimum absolute atomic E-state index is 0.0710. The van der Waals surface area contributed by atoms with Crippen LogP contribution in [0.15, 0.2) is 22.6 Å². The smallest absolute Gasteiger partial charge is 0.254 e. The highest BCUT2D eigenvalue weighted by Gasteiger charge is 2.20. The van der Waals surface area contributed by atoms with Crippen molar-refractivity contribution in [2.24, 2.45) is 0 Å². The molecule has 0 saturated heterocycles. The molecule has 0 bridgehead atoms. The molecule has 2 aromatic rings. The number of nitrogens with one attached hydrogen (secondary N) is 1. The molecular weight excluding hydrogens is 326 g/mol. The molecule has 6 heteroatoms. The highest BCUT2D eigenvalue weighted by Crippen LogP contribution is 2.34. The van der Waals surface area contributed by atoms with Gasteiger partial charge in [0.2, 0.25) is 0 Å². The second-order valence-electron chi connectivity index (χ2n) is 5.93. The van der Waals surface area contributed by atoms with Crippen LogP contribution in [0.3, 0.4) is 0 Å². The first-order valence-electron chi connectivity index (χ1n) is 8.17. The van der Waals surface area contributed by atoms with Crippen molar-refractivity contribution in [3.8, 4) is 5.75 Å². The molecule has 0 aliphatic rings. The fraction of sp³-hybridized carbons (Fsp3) is 0.500. The van der Waals surface area contributed by atoms with E-state index in [1.807, 2.05) is 45.9 Å². The Kier molecular flexibility index (Phi) is 6.71. The van der Waals surface area contributed by atoms with Crippen molar-refractivity contribution in [2.75, 3.05) is 18.9 Å². The van der Waals surface area contributed by atoms with Gasteiger partial charge >= 0.3 is 0 Å². The SMILES string of the molecule is CCSC(=O)c1oc2cccc(OCC(O)CNC(C)C)c2c1C. The van der Waals surface area contributed by atoms with Gasteiger partial charge in [-0.2, -0.15) is 0 Å². The fourth-order valence-corrected chi connectivity index (χ4v) is 2.98. The van der Waals surface area contributed by atoms with E-state index in [0.29, 0.717) is 35.4 Å². The first kappa shape index (κ1) is 18.8. The third-order valence-electron chi connectivity index (χ3n) is 3.57. The molecule has 5 nitrogen and oxygen atoms in total. The van der Waals surface area contributed by atoms with E-state index in [0.717, 1.165) is 10.9 Å². The van der Waals surface area contributed by atoms with E-state index in [1.54, 1.807) is 0 Å². The Morgan fingerprint density at radius 2 is 2.17 bits per heavy atom. The van der Waals surface area contributed by atoms with Gasteiger partial charge in [0.15, 0.2) is 5.76 Å². The summed E-state index contributed by atoms with van der Waals surface area (Å²) in [5.41, 5.74) is 1.40. The van der Waals surface area contributed by atoms with Crippen LogP contribution in [-0.4, -0.2) is 41.3 Å². The molecule has 0 aliphatic carbocycles. The Morgan fingerprint density at radius 1 is 1.42 bits per heavy atom. The van der Waals surface area contributed by atoms with Gasteiger partial charge in [-0.3, -0.25) is 4.79 Å². The summed E-state index contributed by atoms with van der Waals surface area (Å²) in [6.45, 7) is 8.48. The first-order valence-corrected chi connectivity index (χ1v) is 9.16. The maximum Gasteiger partial charge on any atom is 0.254 e. The molecule has 0 saturated carbocycles. The Hall–Kier alpha value is -1.50. The van der Waals surface area contributed by atoms with Crippen LogP contribution in [0, 0.1) is 6.92 Å². The van der Waals surface area contributed by atoms with Gasteiger partial charge in [0.05, 0.1) is 5.39 Å². The van der Waals surface area contributed by atoms with E-state index in [9.17, 15) is 9.90 Å². The lowest BCUT2D eigenvalue weighted by molar-refractivity contribution is 0.105. The standard InChI is InChI=1S/C18H25NO4S/c1-5-24-18(21)17-12(4)16-14(7-6-8-15(16)23-17)22-10-13(20)9-19-11(2)3/h6-8,11,13,19-20H,5,9-10H2,1-4H3. The molecule has 1 aromatic carbocycles. The summed E-state index contributed by atoms with van der Waals surface area (Å²) in [5.74, 6) is 1.70. The van der Waals surface area contributed by atoms with E-state index in [-0.39, 0.29) is 11.7 Å². The van der Waals surface area contributed by atoms with Crippen molar-refractivity contribution in [1.29, 1.82) is 0 Å². The predicted octanol–water partition coefficient (Wildman–Crippen LogP) is 3.37. The van der Waals surface area contributed by atoms with Crippen LogP contribution in [0.2, 0.25) is 0 Å². The average Bonchev–Trinajstić information content (AvgIpc) is 2.89. The van der Waals surface area contributed by atoms with Gasteiger partial charge in [-0.05, 0) is 24.8 Å². The lowest BCUT2D eigenvalue weighted by Gasteiger charge is -2.15. The second-order valence-corrected chi connectivity index (χ2v) is 7.17. The zero-order valence-electron chi connectivity index (χ0n) is 14.6. The first-order chi connectivity index (χ1) is 11.4. The number of thioether (sulfide) groups is 1. The van der Waals surface area contributed by atoms with Gasteiger partial charge in [0.25, 0.3) is 5.12 Å². The number of carbonyl (C=O) groups is 1. The molecular formula is C18H25NO4S. The molecule has 0 spiro atoms. The van der Waals surface area contributed by atoms with Crippen molar-refractivity contribution in [3.05, 3.63) is 29.5 Å². The number of aliphatic hydroxyl groups excluding tert-OH is 1. The van der Waals surface area contributed by atoms with E-state index in [1.165, 1.54) is 11.8 Å². The molecule has 132 valence electrons. The molecule has 1 aromatic heterocycles. The summed E-state index contributed by atoms with van der Waals surface area (Å²) in [5, 5.41) is 13.9. The van der Waals surface area contributed by atoms with Gasteiger partial charge in [0.1, 0.15) is 24.0 Å². The lowest BCUT2D eigenvalue weighted by Crippen LogP contribution is -2.35. The van der Waals surface area contributed by atoms with Crippen LogP contribution in [0.1, 0.15) is 36.9 Å². The highest BCUT2D eigenvalue weighted by atomic mass is 32.2. The minimum Gasteiger partial charge on any atom is -0.490 e. The molecule has 1 atom stereocenters. The van der Waals surface area contributed by atoms with E-state index in [2.05, 4.69) is 5.32 Å². The number of carbonyl (C=O) groups excluding carboxylic acids is 1. The summed E-state index contributed by atoms with van der Waals surface area (Å²) in [6.07, 6.45) is -0.605. The fourth-order valence-electron chi connectivity index (χ4n) is 2.39. The summed E-state index contributed by atoms with van der Waals surface area (Å²) in [6, 6.07) is 5.78. The average molecular weight is 351 g/mol. The number of aliphatic hydroxyl groups is 1. The summed E-state index contributed by atoms with van der Waals surface area (Å²) >= 11 is 1.23. The molecule has 0 fully saturated rings. The van der Waals surface area contributed by atoms with Crippen LogP contribution in [0.25, 0.3) is 11.0 Å². The number of rotatable bonds is 8. The Labute approximate surface area is 146 Å². The van der Waals surface area contributed by atoms with Gasteiger partial charge in [0, 0.05) is 18.2 Å². The van der Waals surface area contributed by atoms with Crippen LogP contribution >= 0.6 is 11.8 Å². The number of benzene rings is 1. The van der Waals surface area contributed by atoms with Crippen LogP contribution in [0.5, 0.6) is 5.75 Å². The molecule has 24 heavy (non-hydrogen) atoms. The molecule has 1 heterocycles. The van der Waals surface area contributed by atoms with E-state index in [4.69, 9.17) is 9.15 Å². The van der Waals surface area contributed by atoms with Crippen molar-refractivity contribution in [3.63, 3.8) is 0 Å². The molecule has 2 N–H and O–H groups in total. The van der Waals surface area contributed by atoms with E-state index < -0.39 is 6.10 Å². The summed E-state index contributed by atoms with van der Waals surface area (Å²) in [7, 11) is 0. The van der Waals surface area contributed by atoms with Gasteiger partial charge in [-0.25, -0.2) is 0 Å². The maximum absolute atomic E-state index is 12.1. The predicted molar refractivity (Wildman–Crippen MR) is 98.1 cm³/mol. The summed E-state index contributed by atoms with van der Waals surface area (Å²) in [4.78, 5) is 12.1. The van der Waals surface area contributed by atoms with Crippen molar-refractivity contribution in [2.45, 2.75) is 39.8 Å². The largest absolute Gasteiger partial charge is 0.490 e. The van der Waals surface area contributed by atoms with Crippen LogP contribution in [0.4, 0.5) is 0 Å². The molecule has 2 rings (SSSR count). The van der Waals surface area contributed by atoms with Crippen molar-refractivity contribution >= 4 is 27.8 Å².